The third-order valence-corrected chi connectivity index (χ3v) is 5.39. The average molecular weight is 423 g/mol. The number of aromatic nitrogens is 1. The number of pyridine rings is 1. The van der Waals surface area contributed by atoms with Crippen molar-refractivity contribution in [3.05, 3.63) is 96.1 Å². The molecular weight excluding hydrogens is 402 g/mol. The van der Waals surface area contributed by atoms with Gasteiger partial charge in [0.15, 0.2) is 0 Å². The van der Waals surface area contributed by atoms with E-state index in [2.05, 4.69) is 5.10 Å². The quantitative estimate of drug-likeness (QED) is 0.455. The molecule has 0 radical (unpaired) electrons. The normalized spacial score (nSPS) is 15.4. The van der Waals surface area contributed by atoms with Crippen LogP contribution >= 0.6 is 0 Å². The number of ether oxygens (including phenoxy) is 2. The van der Waals surface area contributed by atoms with Crippen LogP contribution in [-0.2, 0) is 9.53 Å². The van der Waals surface area contributed by atoms with Crippen molar-refractivity contribution in [2.45, 2.75) is 13.2 Å². The fraction of sp³-hybridized carbons (Fsp3) is 0.115. The van der Waals surface area contributed by atoms with Gasteiger partial charge < -0.3 is 9.47 Å². The summed E-state index contributed by atoms with van der Waals surface area (Å²) in [6, 6.07) is 27.2. The first-order chi connectivity index (χ1) is 15.6. The molecule has 3 aromatic carbocycles. The lowest BCUT2D eigenvalue weighted by atomic mass is 10.0. The fourth-order valence-corrected chi connectivity index (χ4v) is 3.78. The molecule has 32 heavy (non-hydrogen) atoms. The molecular formula is C26H21N3O3. The number of hydrazone groups is 1. The number of fused-ring (bicyclic) bond motifs is 1. The van der Waals surface area contributed by atoms with Crippen LogP contribution in [-0.4, -0.2) is 28.9 Å². The van der Waals surface area contributed by atoms with Gasteiger partial charge in [-0.25, -0.2) is 4.98 Å². The largest absolute Gasteiger partial charge is 0.497 e. The Kier molecular flexibility index (Phi) is 5.03. The van der Waals surface area contributed by atoms with Crippen molar-refractivity contribution in [1.29, 1.82) is 0 Å². The van der Waals surface area contributed by atoms with Crippen LogP contribution < -0.4 is 4.74 Å². The SMILES string of the molecule is COc1ccc(C2=NN(C(C)=O)C(c3cc(-c4ccccc4)nc4ccccc34)O2)cc1. The molecule has 1 aliphatic rings. The third-order valence-electron chi connectivity index (χ3n) is 5.39. The Morgan fingerprint density at radius 1 is 0.938 bits per heavy atom. The van der Waals surface area contributed by atoms with Gasteiger partial charge in [0, 0.05) is 29.0 Å². The second-order valence-electron chi connectivity index (χ2n) is 7.45. The summed E-state index contributed by atoms with van der Waals surface area (Å²) in [7, 11) is 1.62. The van der Waals surface area contributed by atoms with Crippen LogP contribution in [0, 0.1) is 0 Å². The molecule has 1 aromatic heterocycles. The van der Waals surface area contributed by atoms with Gasteiger partial charge in [-0.15, -0.1) is 5.10 Å². The van der Waals surface area contributed by atoms with Crippen LogP contribution in [0.2, 0.25) is 0 Å². The minimum atomic E-state index is -0.694. The number of rotatable bonds is 4. The molecule has 158 valence electrons. The Hall–Kier alpha value is -4.19. The smallest absolute Gasteiger partial charge is 0.243 e. The molecule has 0 bridgehead atoms. The summed E-state index contributed by atoms with van der Waals surface area (Å²) in [6.45, 7) is 1.48. The Morgan fingerprint density at radius 3 is 2.38 bits per heavy atom. The summed E-state index contributed by atoms with van der Waals surface area (Å²) >= 11 is 0. The van der Waals surface area contributed by atoms with E-state index >= 15 is 0 Å². The lowest BCUT2D eigenvalue weighted by molar-refractivity contribution is -0.135. The number of para-hydroxylation sites is 1. The number of nitrogens with zero attached hydrogens (tertiary/aromatic N) is 3. The summed E-state index contributed by atoms with van der Waals surface area (Å²) < 4.78 is 11.5. The van der Waals surface area contributed by atoms with Gasteiger partial charge in [0.05, 0.1) is 18.3 Å². The van der Waals surface area contributed by atoms with Gasteiger partial charge in [0.25, 0.3) is 0 Å². The molecule has 0 N–H and O–H groups in total. The summed E-state index contributed by atoms with van der Waals surface area (Å²) in [5, 5.41) is 6.79. The van der Waals surface area contributed by atoms with Gasteiger partial charge in [0.1, 0.15) is 5.75 Å². The van der Waals surface area contributed by atoms with Crippen molar-refractivity contribution in [2.75, 3.05) is 7.11 Å². The number of amides is 1. The van der Waals surface area contributed by atoms with Crippen LogP contribution in [0.4, 0.5) is 0 Å². The number of benzene rings is 3. The lowest BCUT2D eigenvalue weighted by Crippen LogP contribution is -2.25. The zero-order valence-corrected chi connectivity index (χ0v) is 17.7. The third kappa shape index (κ3) is 3.56. The maximum Gasteiger partial charge on any atom is 0.243 e. The van der Waals surface area contributed by atoms with Crippen LogP contribution in [0.3, 0.4) is 0 Å². The highest BCUT2D eigenvalue weighted by Crippen LogP contribution is 2.36. The van der Waals surface area contributed by atoms with Crippen molar-refractivity contribution in [3.8, 4) is 17.0 Å². The van der Waals surface area contributed by atoms with Gasteiger partial charge in [0.2, 0.25) is 18.0 Å². The predicted octanol–water partition coefficient (Wildman–Crippen LogP) is 5.15. The Balaban J connectivity index is 1.61. The number of carbonyl (C=O) groups excluding carboxylic acids is 1. The molecule has 1 aliphatic heterocycles. The van der Waals surface area contributed by atoms with Crippen molar-refractivity contribution in [2.24, 2.45) is 5.10 Å². The average Bonchev–Trinajstić information content (AvgIpc) is 3.30. The maximum atomic E-state index is 12.5. The Labute approximate surface area is 185 Å². The molecule has 6 nitrogen and oxygen atoms in total. The molecule has 0 saturated carbocycles. The van der Waals surface area contributed by atoms with E-state index in [9.17, 15) is 4.79 Å². The first-order valence-corrected chi connectivity index (χ1v) is 10.3. The molecule has 1 atom stereocenters. The van der Waals surface area contributed by atoms with Crippen molar-refractivity contribution in [3.63, 3.8) is 0 Å². The Morgan fingerprint density at radius 2 is 1.66 bits per heavy atom. The lowest BCUT2D eigenvalue weighted by Gasteiger charge is -2.21. The van der Waals surface area contributed by atoms with Crippen LogP contribution in [0.5, 0.6) is 5.75 Å². The topological polar surface area (TPSA) is 64.0 Å². The van der Waals surface area contributed by atoms with E-state index in [0.29, 0.717) is 5.90 Å². The first kappa shape index (κ1) is 19.8. The Bertz CT molecular complexity index is 1320. The number of methoxy groups -OCH3 is 1. The fourth-order valence-electron chi connectivity index (χ4n) is 3.78. The summed E-state index contributed by atoms with van der Waals surface area (Å²) in [5.41, 5.74) is 4.22. The first-order valence-electron chi connectivity index (χ1n) is 10.3. The predicted molar refractivity (Wildman–Crippen MR) is 123 cm³/mol. The van der Waals surface area contributed by atoms with Gasteiger partial charge >= 0.3 is 0 Å². The molecule has 0 fully saturated rings. The molecule has 4 aromatic rings. The van der Waals surface area contributed by atoms with Gasteiger partial charge in [-0.3, -0.25) is 4.79 Å². The van der Waals surface area contributed by atoms with E-state index in [1.807, 2.05) is 84.9 Å². The molecule has 6 heteroatoms. The molecule has 2 heterocycles. The highest BCUT2D eigenvalue weighted by Gasteiger charge is 2.34. The highest BCUT2D eigenvalue weighted by molar-refractivity contribution is 5.97. The standard InChI is InChI=1S/C26H21N3O3/c1-17(30)29-26(32-25(28-29)19-12-14-20(31-2)15-13-19)22-16-24(18-8-4-3-5-9-18)27-23-11-7-6-10-21(22)23/h3-16,26H,1-2H3. The second kappa shape index (κ2) is 8.15. The summed E-state index contributed by atoms with van der Waals surface area (Å²) in [4.78, 5) is 17.3. The zero-order chi connectivity index (χ0) is 22.1. The number of hydrogen-bond acceptors (Lipinski definition) is 5. The van der Waals surface area contributed by atoms with E-state index in [1.165, 1.54) is 11.9 Å². The molecule has 0 saturated heterocycles. The van der Waals surface area contributed by atoms with Gasteiger partial charge in [-0.2, -0.15) is 5.01 Å². The van der Waals surface area contributed by atoms with Crippen LogP contribution in [0.25, 0.3) is 22.2 Å². The van der Waals surface area contributed by atoms with Crippen molar-refractivity contribution >= 4 is 22.7 Å². The summed E-state index contributed by atoms with van der Waals surface area (Å²) in [5.74, 6) is 0.913. The number of hydrogen-bond donors (Lipinski definition) is 0. The molecule has 0 aliphatic carbocycles. The van der Waals surface area contributed by atoms with E-state index in [-0.39, 0.29) is 5.91 Å². The molecule has 1 unspecified atom stereocenters. The van der Waals surface area contributed by atoms with Crippen LogP contribution in [0.1, 0.15) is 24.3 Å². The van der Waals surface area contributed by atoms with Crippen molar-refractivity contribution in [1.82, 2.24) is 9.99 Å². The molecule has 0 spiro atoms. The van der Waals surface area contributed by atoms with Gasteiger partial charge in [-0.1, -0.05) is 48.5 Å². The second-order valence-corrected chi connectivity index (χ2v) is 7.45. The van der Waals surface area contributed by atoms with E-state index < -0.39 is 6.23 Å². The number of carbonyl (C=O) groups is 1. The van der Waals surface area contributed by atoms with Gasteiger partial charge in [-0.05, 0) is 36.4 Å². The molecule has 5 rings (SSSR count). The minimum absolute atomic E-state index is 0.208. The monoisotopic (exact) mass is 423 g/mol. The van der Waals surface area contributed by atoms with E-state index in [4.69, 9.17) is 14.5 Å². The van der Waals surface area contributed by atoms with E-state index in [0.717, 1.165) is 39.0 Å². The maximum absolute atomic E-state index is 12.5. The van der Waals surface area contributed by atoms with Crippen LogP contribution in [0.15, 0.2) is 90.0 Å². The molecule has 1 amide bonds. The van der Waals surface area contributed by atoms with E-state index in [1.54, 1.807) is 7.11 Å². The summed E-state index contributed by atoms with van der Waals surface area (Å²) in [6.07, 6.45) is -0.694. The van der Waals surface area contributed by atoms with Crippen molar-refractivity contribution < 1.29 is 14.3 Å². The zero-order valence-electron chi connectivity index (χ0n) is 17.7. The minimum Gasteiger partial charge on any atom is -0.497 e. The highest BCUT2D eigenvalue weighted by atomic mass is 16.5.